The van der Waals surface area contributed by atoms with E-state index in [1.54, 1.807) is 0 Å². The molecule has 1 saturated heterocycles. The highest BCUT2D eigenvalue weighted by Gasteiger charge is 2.24. The van der Waals surface area contributed by atoms with E-state index in [1.807, 2.05) is 61.7 Å². The number of halogens is 1. The van der Waals surface area contributed by atoms with Gasteiger partial charge in [-0.25, -0.2) is 4.99 Å². The fourth-order valence-electron chi connectivity index (χ4n) is 3.01. The molecule has 140 valence electrons. The molecule has 0 bridgehead atoms. The van der Waals surface area contributed by atoms with Crippen LogP contribution in [0.3, 0.4) is 0 Å². The van der Waals surface area contributed by atoms with Gasteiger partial charge < -0.3 is 9.88 Å². The van der Waals surface area contributed by atoms with E-state index in [2.05, 4.69) is 33.9 Å². The lowest BCUT2D eigenvalue weighted by atomic mass is 10.2. The summed E-state index contributed by atoms with van der Waals surface area (Å²) < 4.78 is 2.08. The van der Waals surface area contributed by atoms with Crippen LogP contribution in [0.2, 0.25) is 5.02 Å². The maximum atomic E-state index is 12.5. The summed E-state index contributed by atoms with van der Waals surface area (Å²) in [6.07, 6.45) is 3.89. The average molecular weight is 408 g/mol. The zero-order valence-electron chi connectivity index (χ0n) is 15.4. The average Bonchev–Trinajstić information content (AvgIpc) is 3.26. The fourth-order valence-corrected chi connectivity index (χ4v) is 4.00. The highest BCUT2D eigenvalue weighted by molar-refractivity contribution is 8.18. The molecule has 1 N–H and O–H groups in total. The van der Waals surface area contributed by atoms with E-state index in [-0.39, 0.29) is 5.91 Å². The molecule has 1 amide bonds. The first-order chi connectivity index (χ1) is 13.5. The number of nitrogens with zero attached hydrogens (tertiary/aromatic N) is 2. The summed E-state index contributed by atoms with van der Waals surface area (Å²) in [5, 5.41) is 4.04. The van der Waals surface area contributed by atoms with Gasteiger partial charge in [0.2, 0.25) is 0 Å². The number of rotatable bonds is 3. The van der Waals surface area contributed by atoms with Gasteiger partial charge in [0, 0.05) is 22.6 Å². The van der Waals surface area contributed by atoms with Crippen LogP contribution < -0.4 is 5.32 Å². The number of aryl methyl sites for hydroxylation is 1. The molecule has 1 aromatic heterocycles. The van der Waals surface area contributed by atoms with Gasteiger partial charge in [0.1, 0.15) is 0 Å². The Morgan fingerprint density at radius 1 is 1.07 bits per heavy atom. The van der Waals surface area contributed by atoms with Crippen molar-refractivity contribution in [2.24, 2.45) is 4.99 Å². The Bertz CT molecular complexity index is 1130. The van der Waals surface area contributed by atoms with E-state index in [9.17, 15) is 4.79 Å². The van der Waals surface area contributed by atoms with Crippen molar-refractivity contribution < 1.29 is 4.79 Å². The summed E-state index contributed by atoms with van der Waals surface area (Å²) in [4.78, 5) is 17.6. The number of thioether (sulfide) groups is 1. The Kier molecular flexibility index (Phi) is 5.11. The van der Waals surface area contributed by atoms with Crippen molar-refractivity contribution in [1.29, 1.82) is 0 Å². The second kappa shape index (κ2) is 7.70. The van der Waals surface area contributed by atoms with Crippen LogP contribution in [0.25, 0.3) is 11.8 Å². The number of benzene rings is 2. The van der Waals surface area contributed by atoms with E-state index < -0.39 is 0 Å². The van der Waals surface area contributed by atoms with Crippen molar-refractivity contribution >= 4 is 46.2 Å². The first kappa shape index (κ1) is 18.6. The molecule has 4 rings (SSSR count). The van der Waals surface area contributed by atoms with E-state index >= 15 is 0 Å². The van der Waals surface area contributed by atoms with Crippen LogP contribution in [0.15, 0.2) is 70.7 Å². The maximum absolute atomic E-state index is 12.5. The van der Waals surface area contributed by atoms with Crippen LogP contribution in [-0.2, 0) is 4.79 Å². The molecule has 2 heterocycles. The predicted octanol–water partition coefficient (Wildman–Crippen LogP) is 5.64. The van der Waals surface area contributed by atoms with E-state index in [0.717, 1.165) is 22.6 Å². The highest BCUT2D eigenvalue weighted by Crippen LogP contribution is 2.31. The smallest absolute Gasteiger partial charge is 0.264 e. The minimum absolute atomic E-state index is 0.152. The van der Waals surface area contributed by atoms with Gasteiger partial charge in [-0.3, -0.25) is 4.79 Å². The topological polar surface area (TPSA) is 46.4 Å². The van der Waals surface area contributed by atoms with Crippen LogP contribution in [0.4, 0.5) is 5.69 Å². The van der Waals surface area contributed by atoms with Crippen LogP contribution in [0, 0.1) is 13.8 Å². The number of amidine groups is 1. The quantitative estimate of drug-likeness (QED) is 0.571. The van der Waals surface area contributed by atoms with Crippen LogP contribution in [0.1, 0.15) is 16.8 Å². The zero-order valence-corrected chi connectivity index (χ0v) is 17.0. The molecule has 2 aromatic carbocycles. The lowest BCUT2D eigenvalue weighted by Crippen LogP contribution is -2.19. The van der Waals surface area contributed by atoms with Crippen LogP contribution in [0.5, 0.6) is 0 Å². The normalized spacial score (nSPS) is 16.8. The van der Waals surface area contributed by atoms with Crippen molar-refractivity contribution in [3.63, 3.8) is 0 Å². The Labute approximate surface area is 172 Å². The summed E-state index contributed by atoms with van der Waals surface area (Å²) in [6, 6.07) is 17.7. The first-order valence-corrected chi connectivity index (χ1v) is 10.0. The van der Waals surface area contributed by atoms with Crippen molar-refractivity contribution in [2.45, 2.75) is 13.8 Å². The molecule has 0 aliphatic carbocycles. The second-order valence-corrected chi connectivity index (χ2v) is 7.89. The lowest BCUT2D eigenvalue weighted by molar-refractivity contribution is -0.115. The molecule has 28 heavy (non-hydrogen) atoms. The Morgan fingerprint density at radius 2 is 1.89 bits per heavy atom. The predicted molar refractivity (Wildman–Crippen MR) is 118 cm³/mol. The van der Waals surface area contributed by atoms with Gasteiger partial charge in [-0.1, -0.05) is 35.9 Å². The monoisotopic (exact) mass is 407 g/mol. The van der Waals surface area contributed by atoms with Gasteiger partial charge in [-0.05, 0) is 73.1 Å². The van der Waals surface area contributed by atoms with Gasteiger partial charge in [0.05, 0.1) is 10.6 Å². The molecule has 0 unspecified atom stereocenters. The number of nitrogens with one attached hydrogen (secondary N) is 1. The van der Waals surface area contributed by atoms with Crippen LogP contribution in [-0.4, -0.2) is 15.6 Å². The van der Waals surface area contributed by atoms with Gasteiger partial charge in [-0.15, -0.1) is 0 Å². The van der Waals surface area contributed by atoms with E-state index in [4.69, 9.17) is 11.6 Å². The standard InChI is InChI=1S/C22H18ClN3OS/c1-14-7-3-4-11-19(14)26-12-6-8-16(26)13-20-21(27)25-22(28-20)24-18-10-5-9-17(23)15(18)2/h3-13H,1-2H3,(H,24,25,27)/b20-13+. The third kappa shape index (κ3) is 3.63. The number of para-hydroxylation sites is 1. The van der Waals surface area contributed by atoms with Crippen LogP contribution >= 0.6 is 23.4 Å². The zero-order chi connectivity index (χ0) is 19.7. The molecular formula is C22H18ClN3OS. The minimum Gasteiger partial charge on any atom is -0.317 e. The second-order valence-electron chi connectivity index (χ2n) is 6.46. The van der Waals surface area contributed by atoms with E-state index in [0.29, 0.717) is 15.1 Å². The SMILES string of the molecule is Cc1ccccc1-n1cccc1/C=C1/SC(=Nc2cccc(Cl)c2C)NC1=O. The molecule has 1 fully saturated rings. The van der Waals surface area contributed by atoms with Gasteiger partial charge in [-0.2, -0.15) is 0 Å². The number of hydrogen-bond acceptors (Lipinski definition) is 3. The van der Waals surface area contributed by atoms with Crippen molar-refractivity contribution in [2.75, 3.05) is 0 Å². The maximum Gasteiger partial charge on any atom is 0.264 e. The van der Waals surface area contributed by atoms with Gasteiger partial charge in [0.15, 0.2) is 5.17 Å². The molecule has 0 atom stereocenters. The summed E-state index contributed by atoms with van der Waals surface area (Å²) in [7, 11) is 0. The Morgan fingerprint density at radius 3 is 2.71 bits per heavy atom. The van der Waals surface area contributed by atoms with Crippen molar-refractivity contribution in [1.82, 2.24) is 9.88 Å². The molecule has 3 aromatic rings. The summed E-state index contributed by atoms with van der Waals surface area (Å²) in [5.74, 6) is -0.152. The molecule has 0 saturated carbocycles. The van der Waals surface area contributed by atoms with Crippen molar-refractivity contribution in [3.8, 4) is 5.69 Å². The minimum atomic E-state index is -0.152. The summed E-state index contributed by atoms with van der Waals surface area (Å²) in [6.45, 7) is 3.98. The third-order valence-electron chi connectivity index (χ3n) is 4.55. The molecular weight excluding hydrogens is 390 g/mol. The molecule has 1 aliphatic heterocycles. The van der Waals surface area contributed by atoms with Gasteiger partial charge in [0.25, 0.3) is 5.91 Å². The molecule has 0 radical (unpaired) electrons. The number of aliphatic imine (C=N–C) groups is 1. The first-order valence-electron chi connectivity index (χ1n) is 8.81. The Balaban J connectivity index is 1.65. The third-order valence-corrected chi connectivity index (χ3v) is 5.87. The number of aromatic nitrogens is 1. The summed E-state index contributed by atoms with van der Waals surface area (Å²) in [5.41, 5.74) is 4.83. The van der Waals surface area contributed by atoms with E-state index in [1.165, 1.54) is 17.3 Å². The van der Waals surface area contributed by atoms with Gasteiger partial charge >= 0.3 is 0 Å². The number of amides is 1. The molecule has 1 aliphatic rings. The largest absolute Gasteiger partial charge is 0.317 e. The fraction of sp³-hybridized carbons (Fsp3) is 0.0909. The highest BCUT2D eigenvalue weighted by atomic mass is 35.5. The molecule has 4 nitrogen and oxygen atoms in total. The number of carbonyl (C=O) groups excluding carboxylic acids is 1. The molecule has 6 heteroatoms. The summed E-state index contributed by atoms with van der Waals surface area (Å²) >= 11 is 7.49. The Hall–Kier alpha value is -2.76. The number of carbonyl (C=O) groups is 1. The lowest BCUT2D eigenvalue weighted by Gasteiger charge is -2.09. The number of hydrogen-bond donors (Lipinski definition) is 1. The molecule has 0 spiro atoms. The van der Waals surface area contributed by atoms with Crippen molar-refractivity contribution in [3.05, 3.63) is 87.5 Å².